The summed E-state index contributed by atoms with van der Waals surface area (Å²) in [6.45, 7) is 3.33. The monoisotopic (exact) mass is 395 g/mol. The van der Waals surface area contributed by atoms with Gasteiger partial charge in [-0.1, -0.05) is 13.8 Å². The lowest BCUT2D eigenvalue weighted by atomic mass is 9.95. The highest BCUT2D eigenvalue weighted by molar-refractivity contribution is 5.99. The molecule has 0 atom stereocenters. The Balaban J connectivity index is 1.85. The SMILES string of the molecule is CC(C)(CO)CNc1nc(Nc2ccc3c(c2)CC(=O)N3)ncc1C(F)(F)F. The van der Waals surface area contributed by atoms with Crippen molar-refractivity contribution in [2.75, 3.05) is 29.1 Å². The number of nitrogens with one attached hydrogen (secondary N) is 3. The van der Waals surface area contributed by atoms with Crippen molar-refractivity contribution in [2.45, 2.75) is 26.4 Å². The van der Waals surface area contributed by atoms with Crippen molar-refractivity contribution in [1.82, 2.24) is 9.97 Å². The highest BCUT2D eigenvalue weighted by atomic mass is 19.4. The van der Waals surface area contributed by atoms with E-state index in [1.54, 1.807) is 32.0 Å². The molecular weight excluding hydrogens is 375 g/mol. The lowest BCUT2D eigenvalue weighted by Crippen LogP contribution is -2.28. The third-order valence-corrected chi connectivity index (χ3v) is 4.24. The van der Waals surface area contributed by atoms with Gasteiger partial charge in [-0.3, -0.25) is 4.79 Å². The third-order valence-electron chi connectivity index (χ3n) is 4.24. The van der Waals surface area contributed by atoms with Crippen molar-refractivity contribution >= 4 is 29.0 Å². The van der Waals surface area contributed by atoms with Gasteiger partial charge in [-0.05, 0) is 23.8 Å². The Morgan fingerprint density at radius 3 is 2.71 bits per heavy atom. The summed E-state index contributed by atoms with van der Waals surface area (Å²) >= 11 is 0. The summed E-state index contributed by atoms with van der Waals surface area (Å²) in [6, 6.07) is 5.10. The molecule has 4 N–H and O–H groups in total. The molecule has 1 aromatic heterocycles. The molecule has 2 heterocycles. The molecule has 28 heavy (non-hydrogen) atoms. The number of aliphatic hydroxyl groups is 1. The summed E-state index contributed by atoms with van der Waals surface area (Å²) in [5.41, 5.74) is 0.426. The van der Waals surface area contributed by atoms with Gasteiger partial charge >= 0.3 is 6.18 Å². The number of amides is 1. The molecule has 0 saturated carbocycles. The quantitative estimate of drug-likeness (QED) is 0.600. The van der Waals surface area contributed by atoms with Gasteiger partial charge < -0.3 is 21.1 Å². The first-order chi connectivity index (χ1) is 13.1. The highest BCUT2D eigenvalue weighted by Crippen LogP contribution is 2.35. The van der Waals surface area contributed by atoms with E-state index in [0.29, 0.717) is 17.6 Å². The Hall–Kier alpha value is -2.88. The third kappa shape index (κ3) is 4.50. The first-order valence-corrected chi connectivity index (χ1v) is 8.56. The predicted molar refractivity (Wildman–Crippen MR) is 98.4 cm³/mol. The summed E-state index contributed by atoms with van der Waals surface area (Å²) in [5, 5.41) is 17.5. The largest absolute Gasteiger partial charge is 0.421 e. The van der Waals surface area contributed by atoms with Crippen LogP contribution < -0.4 is 16.0 Å². The zero-order valence-corrected chi connectivity index (χ0v) is 15.3. The first kappa shape index (κ1) is 19.9. The van der Waals surface area contributed by atoms with Crippen molar-refractivity contribution in [3.05, 3.63) is 35.5 Å². The van der Waals surface area contributed by atoms with Gasteiger partial charge in [-0.15, -0.1) is 0 Å². The Labute approximate surface area is 159 Å². The fourth-order valence-corrected chi connectivity index (χ4v) is 2.60. The van der Waals surface area contributed by atoms with Gasteiger partial charge in [0.25, 0.3) is 0 Å². The fourth-order valence-electron chi connectivity index (χ4n) is 2.60. The number of aliphatic hydroxyl groups excluding tert-OH is 1. The predicted octanol–water partition coefficient (Wildman–Crippen LogP) is 3.16. The van der Waals surface area contributed by atoms with Crippen LogP contribution in [0, 0.1) is 5.41 Å². The van der Waals surface area contributed by atoms with Crippen molar-refractivity contribution in [3.8, 4) is 0 Å². The molecule has 3 rings (SSSR count). The van der Waals surface area contributed by atoms with E-state index < -0.39 is 17.2 Å². The second-order valence-corrected chi connectivity index (χ2v) is 7.35. The molecule has 1 amide bonds. The van der Waals surface area contributed by atoms with Crippen LogP contribution in [0.4, 0.5) is 36.3 Å². The lowest BCUT2D eigenvalue weighted by molar-refractivity contribution is -0.137. The number of benzene rings is 1. The number of fused-ring (bicyclic) bond motifs is 1. The number of hydrogen-bond acceptors (Lipinski definition) is 6. The van der Waals surface area contributed by atoms with Gasteiger partial charge in [-0.25, -0.2) is 4.98 Å². The second kappa shape index (κ2) is 7.27. The van der Waals surface area contributed by atoms with Crippen LogP contribution in [-0.2, 0) is 17.4 Å². The molecule has 7 nitrogen and oxygen atoms in total. The highest BCUT2D eigenvalue weighted by Gasteiger charge is 2.35. The Kier molecular flexibility index (Phi) is 5.16. The van der Waals surface area contributed by atoms with E-state index in [2.05, 4.69) is 25.9 Å². The molecule has 0 fully saturated rings. The molecule has 0 saturated heterocycles. The van der Waals surface area contributed by atoms with Gasteiger partial charge in [0.05, 0.1) is 6.42 Å². The Bertz CT molecular complexity index is 899. The number of halogens is 3. The molecule has 1 aromatic carbocycles. The molecule has 10 heteroatoms. The van der Waals surface area contributed by atoms with E-state index in [4.69, 9.17) is 0 Å². The van der Waals surface area contributed by atoms with Gasteiger partial charge in [-0.2, -0.15) is 18.2 Å². The minimum Gasteiger partial charge on any atom is -0.396 e. The maximum atomic E-state index is 13.3. The van der Waals surface area contributed by atoms with E-state index in [1.807, 2.05) is 0 Å². The molecule has 2 aromatic rings. The number of carbonyl (C=O) groups is 1. The maximum absolute atomic E-state index is 13.3. The number of aromatic nitrogens is 2. The number of nitrogens with zero attached hydrogens (tertiary/aromatic N) is 2. The summed E-state index contributed by atoms with van der Waals surface area (Å²) in [6.07, 6.45) is -3.67. The van der Waals surface area contributed by atoms with Crippen LogP contribution in [0.3, 0.4) is 0 Å². The molecule has 0 spiro atoms. The fraction of sp³-hybridized carbons (Fsp3) is 0.389. The average molecular weight is 395 g/mol. The summed E-state index contributed by atoms with van der Waals surface area (Å²) in [7, 11) is 0. The van der Waals surface area contributed by atoms with Crippen LogP contribution in [0.5, 0.6) is 0 Å². The Morgan fingerprint density at radius 2 is 2.04 bits per heavy atom. The molecular formula is C18H20F3N5O2. The average Bonchev–Trinajstić information content (AvgIpc) is 2.98. The standard InChI is InChI=1S/C18H20F3N5O2/c1-17(2,9-27)8-23-15-12(18(19,20)21)7-22-16(26-15)24-11-3-4-13-10(5-11)6-14(28)25-13/h3-5,7,27H,6,8-9H2,1-2H3,(H,25,28)(H2,22,23,24,26). The normalized spacial score (nSPS) is 13.9. The van der Waals surface area contributed by atoms with Crippen LogP contribution in [0.2, 0.25) is 0 Å². The zero-order valence-electron chi connectivity index (χ0n) is 15.3. The van der Waals surface area contributed by atoms with E-state index in [1.165, 1.54) is 0 Å². The number of carbonyl (C=O) groups excluding carboxylic acids is 1. The number of rotatable bonds is 6. The van der Waals surface area contributed by atoms with Crippen LogP contribution in [0.15, 0.2) is 24.4 Å². The van der Waals surface area contributed by atoms with Crippen molar-refractivity contribution in [3.63, 3.8) is 0 Å². The van der Waals surface area contributed by atoms with Gasteiger partial charge in [0, 0.05) is 36.1 Å². The summed E-state index contributed by atoms with van der Waals surface area (Å²) in [4.78, 5) is 19.2. The summed E-state index contributed by atoms with van der Waals surface area (Å²) < 4.78 is 39.8. The number of hydrogen-bond donors (Lipinski definition) is 4. The Morgan fingerprint density at radius 1 is 1.29 bits per heavy atom. The van der Waals surface area contributed by atoms with Crippen LogP contribution >= 0.6 is 0 Å². The minimum atomic E-state index is -4.62. The maximum Gasteiger partial charge on any atom is 0.421 e. The molecule has 150 valence electrons. The second-order valence-electron chi connectivity index (χ2n) is 7.35. The van der Waals surface area contributed by atoms with Crippen molar-refractivity contribution in [2.24, 2.45) is 5.41 Å². The van der Waals surface area contributed by atoms with E-state index in [0.717, 1.165) is 5.56 Å². The van der Waals surface area contributed by atoms with Gasteiger partial charge in [0.15, 0.2) is 0 Å². The van der Waals surface area contributed by atoms with Crippen LogP contribution in [0.25, 0.3) is 0 Å². The topological polar surface area (TPSA) is 99.2 Å². The lowest BCUT2D eigenvalue weighted by Gasteiger charge is -2.23. The number of anilines is 4. The van der Waals surface area contributed by atoms with E-state index in [-0.39, 0.29) is 37.2 Å². The zero-order chi connectivity index (χ0) is 20.5. The minimum absolute atomic E-state index is 0.0189. The van der Waals surface area contributed by atoms with Crippen LogP contribution in [-0.4, -0.2) is 34.1 Å². The molecule has 0 bridgehead atoms. The number of alkyl halides is 3. The smallest absolute Gasteiger partial charge is 0.396 e. The molecule has 1 aliphatic rings. The van der Waals surface area contributed by atoms with Gasteiger partial charge in [0.1, 0.15) is 11.4 Å². The van der Waals surface area contributed by atoms with E-state index >= 15 is 0 Å². The molecule has 0 unspecified atom stereocenters. The molecule has 0 radical (unpaired) electrons. The summed E-state index contributed by atoms with van der Waals surface area (Å²) in [5.74, 6) is -0.505. The van der Waals surface area contributed by atoms with Gasteiger partial charge in [0.2, 0.25) is 11.9 Å². The first-order valence-electron chi connectivity index (χ1n) is 8.56. The molecule has 1 aliphatic heterocycles. The van der Waals surface area contributed by atoms with Crippen molar-refractivity contribution < 1.29 is 23.1 Å². The van der Waals surface area contributed by atoms with E-state index in [9.17, 15) is 23.1 Å². The van der Waals surface area contributed by atoms with Crippen molar-refractivity contribution in [1.29, 1.82) is 0 Å². The molecule has 0 aliphatic carbocycles. The van der Waals surface area contributed by atoms with Crippen LogP contribution in [0.1, 0.15) is 25.0 Å².